The van der Waals surface area contributed by atoms with E-state index in [0.29, 0.717) is 23.8 Å². The first-order valence-electron chi connectivity index (χ1n) is 7.73. The first-order chi connectivity index (χ1) is 11.6. The summed E-state index contributed by atoms with van der Waals surface area (Å²) in [6.45, 7) is 3.84. The molecular formula is C17H18ClN5O. The van der Waals surface area contributed by atoms with E-state index in [1.807, 2.05) is 19.1 Å². The zero-order valence-corrected chi connectivity index (χ0v) is 14.1. The Morgan fingerprint density at radius 2 is 2.21 bits per heavy atom. The van der Waals surface area contributed by atoms with Gasteiger partial charge in [-0.1, -0.05) is 17.7 Å². The highest BCUT2D eigenvalue weighted by Gasteiger charge is 2.27. The molecule has 0 aliphatic carbocycles. The van der Waals surface area contributed by atoms with E-state index in [2.05, 4.69) is 20.9 Å². The summed E-state index contributed by atoms with van der Waals surface area (Å²) in [7, 11) is 0. The predicted octanol–water partition coefficient (Wildman–Crippen LogP) is 2.86. The molecule has 1 unspecified atom stereocenters. The van der Waals surface area contributed by atoms with Crippen LogP contribution >= 0.6 is 11.6 Å². The molecule has 0 saturated carbocycles. The molecule has 1 aromatic heterocycles. The molecule has 124 valence electrons. The van der Waals surface area contributed by atoms with Crippen molar-refractivity contribution in [2.75, 3.05) is 30.4 Å². The third-order valence-electron chi connectivity index (χ3n) is 3.98. The Labute approximate surface area is 145 Å². The average molecular weight is 344 g/mol. The Kier molecular flexibility index (Phi) is 4.84. The summed E-state index contributed by atoms with van der Waals surface area (Å²) in [6.07, 6.45) is 0.882. The summed E-state index contributed by atoms with van der Waals surface area (Å²) in [5.74, 6) is 1.01. The zero-order chi connectivity index (χ0) is 17.1. The van der Waals surface area contributed by atoms with Gasteiger partial charge in [-0.3, -0.25) is 0 Å². The molecule has 24 heavy (non-hydrogen) atoms. The minimum Gasteiger partial charge on any atom is -0.379 e. The van der Waals surface area contributed by atoms with Crippen LogP contribution in [0, 0.1) is 18.3 Å². The third kappa shape index (κ3) is 3.42. The fourth-order valence-electron chi connectivity index (χ4n) is 2.90. The fourth-order valence-corrected chi connectivity index (χ4v) is 3.20. The lowest BCUT2D eigenvalue weighted by Gasteiger charge is -2.31. The first kappa shape index (κ1) is 16.5. The minimum atomic E-state index is -0.0959. The second-order valence-electron chi connectivity index (χ2n) is 5.71. The Balaban J connectivity index is 2.03. The van der Waals surface area contributed by atoms with Crippen molar-refractivity contribution in [3.05, 3.63) is 46.1 Å². The molecule has 1 aliphatic heterocycles. The van der Waals surface area contributed by atoms with E-state index in [1.54, 1.807) is 12.1 Å². The van der Waals surface area contributed by atoms with E-state index >= 15 is 0 Å². The highest BCUT2D eigenvalue weighted by atomic mass is 35.5. The molecule has 2 aromatic rings. The summed E-state index contributed by atoms with van der Waals surface area (Å²) < 4.78 is 5.75. The number of nitrogens with zero attached hydrogens (tertiary/aromatic N) is 4. The lowest BCUT2D eigenvalue weighted by molar-refractivity contribution is 0.134. The SMILES string of the molecule is Cc1cc(N2CCCOCC2c2ccc(C#N)cc2Cl)nc(N)n1. The second-order valence-corrected chi connectivity index (χ2v) is 6.12. The van der Waals surface area contributed by atoms with Crippen LogP contribution in [0.2, 0.25) is 5.02 Å². The van der Waals surface area contributed by atoms with E-state index in [-0.39, 0.29) is 12.0 Å². The Morgan fingerprint density at radius 1 is 1.38 bits per heavy atom. The quantitative estimate of drug-likeness (QED) is 0.902. The first-order valence-corrected chi connectivity index (χ1v) is 8.11. The highest BCUT2D eigenvalue weighted by molar-refractivity contribution is 6.31. The van der Waals surface area contributed by atoms with Crippen LogP contribution in [-0.2, 0) is 4.74 Å². The maximum atomic E-state index is 9.02. The highest BCUT2D eigenvalue weighted by Crippen LogP contribution is 2.33. The molecule has 6 nitrogen and oxygen atoms in total. The molecule has 1 atom stereocenters. The molecule has 2 heterocycles. The van der Waals surface area contributed by atoms with Crippen molar-refractivity contribution in [2.45, 2.75) is 19.4 Å². The number of benzene rings is 1. The van der Waals surface area contributed by atoms with Gasteiger partial charge in [-0.15, -0.1) is 0 Å². The molecule has 1 aliphatic rings. The Morgan fingerprint density at radius 3 is 2.92 bits per heavy atom. The van der Waals surface area contributed by atoms with Gasteiger partial charge in [-0.25, -0.2) is 4.98 Å². The molecule has 1 fully saturated rings. The number of hydrogen-bond donors (Lipinski definition) is 1. The van der Waals surface area contributed by atoms with Crippen LogP contribution in [0.15, 0.2) is 24.3 Å². The number of nitriles is 1. The van der Waals surface area contributed by atoms with E-state index < -0.39 is 0 Å². The van der Waals surface area contributed by atoms with Gasteiger partial charge in [0.25, 0.3) is 0 Å². The van der Waals surface area contributed by atoms with Crippen LogP contribution in [0.3, 0.4) is 0 Å². The normalized spacial score (nSPS) is 18.0. The lowest BCUT2D eigenvalue weighted by Crippen LogP contribution is -2.32. The molecule has 0 spiro atoms. The Hall–Kier alpha value is -2.36. The van der Waals surface area contributed by atoms with Crippen molar-refractivity contribution >= 4 is 23.4 Å². The van der Waals surface area contributed by atoms with Gasteiger partial charge < -0.3 is 15.4 Å². The predicted molar refractivity (Wildman–Crippen MR) is 92.9 cm³/mol. The van der Waals surface area contributed by atoms with Crippen LogP contribution in [0.4, 0.5) is 11.8 Å². The van der Waals surface area contributed by atoms with Gasteiger partial charge in [0.2, 0.25) is 5.95 Å². The molecule has 3 rings (SSSR count). The summed E-state index contributed by atoms with van der Waals surface area (Å²) in [5.41, 5.74) is 8.07. The second kappa shape index (κ2) is 7.04. The number of nitrogens with two attached hydrogens (primary N) is 1. The standard InChI is InChI=1S/C17H18ClN5O/c1-11-7-16(22-17(20)21-11)23-5-2-6-24-10-15(23)13-4-3-12(9-19)8-14(13)18/h3-4,7-8,15H,2,5-6,10H2,1H3,(H2,20,21,22). The van der Waals surface area contributed by atoms with Crippen LogP contribution in [-0.4, -0.2) is 29.7 Å². The smallest absolute Gasteiger partial charge is 0.222 e. The number of halogens is 1. The van der Waals surface area contributed by atoms with Gasteiger partial charge >= 0.3 is 0 Å². The summed E-state index contributed by atoms with van der Waals surface area (Å²) in [4.78, 5) is 10.7. The van der Waals surface area contributed by atoms with E-state index in [9.17, 15) is 0 Å². The number of aromatic nitrogens is 2. The van der Waals surface area contributed by atoms with E-state index in [1.165, 1.54) is 0 Å². The van der Waals surface area contributed by atoms with E-state index in [0.717, 1.165) is 30.0 Å². The maximum absolute atomic E-state index is 9.02. The molecule has 1 saturated heterocycles. The Bertz CT molecular complexity index is 769. The van der Waals surface area contributed by atoms with Gasteiger partial charge in [0.15, 0.2) is 0 Å². The third-order valence-corrected chi connectivity index (χ3v) is 4.31. The molecule has 2 N–H and O–H groups in total. The van der Waals surface area contributed by atoms with Crippen LogP contribution in [0.1, 0.15) is 29.3 Å². The van der Waals surface area contributed by atoms with Crippen LogP contribution in [0.5, 0.6) is 0 Å². The summed E-state index contributed by atoms with van der Waals surface area (Å²) in [5, 5.41) is 9.57. The van der Waals surface area contributed by atoms with Gasteiger partial charge in [0.1, 0.15) is 5.82 Å². The monoisotopic (exact) mass is 343 g/mol. The minimum absolute atomic E-state index is 0.0959. The van der Waals surface area contributed by atoms with Crippen molar-refractivity contribution < 1.29 is 4.74 Å². The van der Waals surface area contributed by atoms with Crippen LogP contribution in [0.25, 0.3) is 0 Å². The van der Waals surface area contributed by atoms with Crippen molar-refractivity contribution in [1.82, 2.24) is 9.97 Å². The molecule has 0 bridgehead atoms. The molecular weight excluding hydrogens is 326 g/mol. The van der Waals surface area contributed by atoms with Crippen molar-refractivity contribution in [3.8, 4) is 6.07 Å². The summed E-state index contributed by atoms with van der Waals surface area (Å²) in [6, 6.07) is 9.24. The lowest BCUT2D eigenvalue weighted by atomic mass is 10.0. The van der Waals surface area contributed by atoms with Crippen molar-refractivity contribution in [1.29, 1.82) is 5.26 Å². The van der Waals surface area contributed by atoms with Gasteiger partial charge in [0, 0.05) is 29.9 Å². The number of anilines is 2. The average Bonchev–Trinajstić information content (AvgIpc) is 2.79. The van der Waals surface area contributed by atoms with Crippen molar-refractivity contribution in [2.24, 2.45) is 0 Å². The maximum Gasteiger partial charge on any atom is 0.222 e. The van der Waals surface area contributed by atoms with Crippen LogP contribution < -0.4 is 10.6 Å². The number of hydrogen-bond acceptors (Lipinski definition) is 6. The molecule has 0 radical (unpaired) electrons. The summed E-state index contributed by atoms with van der Waals surface area (Å²) >= 11 is 6.42. The zero-order valence-electron chi connectivity index (χ0n) is 13.4. The molecule has 7 heteroatoms. The number of rotatable bonds is 2. The van der Waals surface area contributed by atoms with Gasteiger partial charge in [0.05, 0.1) is 24.3 Å². The molecule has 1 aromatic carbocycles. The molecule has 0 amide bonds. The van der Waals surface area contributed by atoms with E-state index in [4.69, 9.17) is 27.3 Å². The number of nitrogen functional groups attached to an aromatic ring is 1. The largest absolute Gasteiger partial charge is 0.379 e. The van der Waals surface area contributed by atoms with Gasteiger partial charge in [-0.05, 0) is 31.0 Å². The number of ether oxygens (including phenoxy) is 1. The fraction of sp³-hybridized carbons (Fsp3) is 0.353. The topological polar surface area (TPSA) is 88.1 Å². The number of aryl methyl sites for hydroxylation is 1. The van der Waals surface area contributed by atoms with Crippen molar-refractivity contribution in [3.63, 3.8) is 0 Å². The van der Waals surface area contributed by atoms with Gasteiger partial charge in [-0.2, -0.15) is 10.2 Å².